The molecule has 3 nitrogen and oxygen atoms in total. The summed E-state index contributed by atoms with van der Waals surface area (Å²) in [6.45, 7) is 5.64. The Balaban J connectivity index is 3.50. The molecule has 0 fully saturated rings. The van der Waals surface area contributed by atoms with Crippen LogP contribution in [0.4, 0.5) is 4.79 Å². The van der Waals surface area contributed by atoms with Gasteiger partial charge < -0.3 is 9.47 Å². The molecule has 0 aromatic heterocycles. The van der Waals surface area contributed by atoms with E-state index in [0.717, 1.165) is 19.3 Å². The van der Waals surface area contributed by atoms with Crippen molar-refractivity contribution in [3.63, 3.8) is 0 Å². The largest absolute Gasteiger partial charge is 0.510 e. The van der Waals surface area contributed by atoms with E-state index in [1.165, 1.54) is 0 Å². The second kappa shape index (κ2) is 7.92. The van der Waals surface area contributed by atoms with Crippen LogP contribution in [-0.2, 0) is 9.47 Å². The lowest BCUT2D eigenvalue weighted by molar-refractivity contribution is 0.0244. The van der Waals surface area contributed by atoms with Gasteiger partial charge in [-0.05, 0) is 26.7 Å². The topological polar surface area (TPSA) is 35.5 Å². The van der Waals surface area contributed by atoms with Crippen molar-refractivity contribution in [2.75, 3.05) is 0 Å². The number of carbonyl (C=O) groups is 1. The van der Waals surface area contributed by atoms with Gasteiger partial charge in [-0.2, -0.15) is 0 Å². The molecule has 0 aromatic rings. The van der Waals surface area contributed by atoms with Gasteiger partial charge in [-0.15, -0.1) is 0 Å². The smallest absolute Gasteiger partial charge is 0.432 e. The number of alkyl halides is 1. The fourth-order valence-corrected chi connectivity index (χ4v) is 1.17. The summed E-state index contributed by atoms with van der Waals surface area (Å²) in [6.07, 6.45) is 3.03. The van der Waals surface area contributed by atoms with Crippen LogP contribution in [0.2, 0.25) is 0 Å². The van der Waals surface area contributed by atoms with Crippen molar-refractivity contribution in [1.29, 1.82) is 0 Å². The van der Waals surface area contributed by atoms with E-state index in [1.54, 1.807) is 13.8 Å². The van der Waals surface area contributed by atoms with Crippen LogP contribution in [0.25, 0.3) is 0 Å². The number of unbranched alkanes of at least 4 members (excludes halogenated alkanes) is 2. The minimum atomic E-state index is -0.684. The molecule has 0 aliphatic rings. The molecule has 0 radical (unpaired) electrons. The molecule has 1 unspecified atom stereocenters. The Hall–Kier alpha value is -0.440. The first-order valence-electron chi connectivity index (χ1n) is 5.07. The summed E-state index contributed by atoms with van der Waals surface area (Å²) >= 11 is 5.77. The molecule has 0 spiro atoms. The maximum Gasteiger partial charge on any atom is 0.510 e. The third-order valence-corrected chi connectivity index (χ3v) is 1.90. The zero-order valence-electron chi connectivity index (χ0n) is 9.09. The minimum absolute atomic E-state index is 0.165. The molecule has 0 rings (SSSR count). The molecule has 0 bridgehead atoms. The van der Waals surface area contributed by atoms with Crippen molar-refractivity contribution in [2.45, 2.75) is 58.1 Å². The van der Waals surface area contributed by atoms with Crippen LogP contribution in [0.5, 0.6) is 0 Å². The van der Waals surface area contributed by atoms with Gasteiger partial charge in [0.2, 0.25) is 0 Å². The van der Waals surface area contributed by atoms with Crippen molar-refractivity contribution in [3.8, 4) is 0 Å². The van der Waals surface area contributed by atoms with Crippen LogP contribution in [0.3, 0.4) is 0 Å². The molecule has 0 heterocycles. The lowest BCUT2D eigenvalue weighted by atomic mass is 10.2. The van der Waals surface area contributed by atoms with Crippen LogP contribution >= 0.6 is 11.6 Å². The number of hydrogen-bond acceptors (Lipinski definition) is 3. The summed E-state index contributed by atoms with van der Waals surface area (Å²) in [4.78, 5) is 11.0. The highest BCUT2D eigenvalue weighted by Gasteiger charge is 2.12. The Morgan fingerprint density at radius 3 is 2.43 bits per heavy atom. The van der Waals surface area contributed by atoms with Crippen LogP contribution in [0.15, 0.2) is 0 Å². The third kappa shape index (κ3) is 8.17. The van der Waals surface area contributed by atoms with Gasteiger partial charge in [0.1, 0.15) is 0 Å². The molecule has 14 heavy (non-hydrogen) atoms. The molecule has 0 amide bonds. The Morgan fingerprint density at radius 2 is 1.93 bits per heavy atom. The average Bonchev–Trinajstić information content (AvgIpc) is 2.02. The molecule has 0 N–H and O–H groups in total. The van der Waals surface area contributed by atoms with Gasteiger partial charge in [-0.1, -0.05) is 31.4 Å². The second-order valence-electron chi connectivity index (χ2n) is 3.44. The third-order valence-electron chi connectivity index (χ3n) is 1.59. The summed E-state index contributed by atoms with van der Waals surface area (Å²) in [5.74, 6) is 0. The Labute approximate surface area is 90.7 Å². The average molecular weight is 223 g/mol. The minimum Gasteiger partial charge on any atom is -0.432 e. The summed E-state index contributed by atoms with van der Waals surface area (Å²) in [6, 6.07) is 0. The van der Waals surface area contributed by atoms with Crippen molar-refractivity contribution >= 4 is 17.8 Å². The fraction of sp³-hybridized carbons (Fsp3) is 0.900. The second-order valence-corrected chi connectivity index (χ2v) is 3.93. The van der Waals surface area contributed by atoms with E-state index in [9.17, 15) is 4.79 Å². The van der Waals surface area contributed by atoms with Crippen LogP contribution in [0, 0.1) is 0 Å². The van der Waals surface area contributed by atoms with Gasteiger partial charge in [0.25, 0.3) is 0 Å². The van der Waals surface area contributed by atoms with Gasteiger partial charge in [0.05, 0.1) is 6.10 Å². The van der Waals surface area contributed by atoms with E-state index in [2.05, 4.69) is 6.92 Å². The van der Waals surface area contributed by atoms with Crippen molar-refractivity contribution < 1.29 is 14.3 Å². The highest BCUT2D eigenvalue weighted by atomic mass is 35.5. The zero-order valence-corrected chi connectivity index (χ0v) is 9.84. The summed E-state index contributed by atoms with van der Waals surface area (Å²) in [7, 11) is 0. The van der Waals surface area contributed by atoms with Gasteiger partial charge in [0.15, 0.2) is 5.56 Å². The van der Waals surface area contributed by atoms with E-state index in [4.69, 9.17) is 21.1 Å². The number of halogens is 1. The van der Waals surface area contributed by atoms with E-state index in [1.807, 2.05) is 0 Å². The van der Waals surface area contributed by atoms with Gasteiger partial charge in [0, 0.05) is 0 Å². The maximum absolute atomic E-state index is 11.0. The Bertz CT molecular complexity index is 159. The number of carbonyl (C=O) groups excluding carboxylic acids is 1. The van der Waals surface area contributed by atoms with Crippen LogP contribution in [0.1, 0.15) is 46.5 Å². The normalized spacial score (nSPS) is 12.6. The number of ether oxygens (including phenoxy) is 2. The molecular formula is C10H19ClO3. The van der Waals surface area contributed by atoms with Crippen LogP contribution in [-0.4, -0.2) is 17.8 Å². The molecule has 0 aliphatic heterocycles. The molecule has 4 heteroatoms. The first-order chi connectivity index (χ1) is 6.56. The summed E-state index contributed by atoms with van der Waals surface area (Å²) in [5.41, 5.74) is -0.562. The number of hydrogen-bond donors (Lipinski definition) is 0. The SMILES string of the molecule is CCCCCC(Cl)OC(=O)OC(C)C. The summed E-state index contributed by atoms with van der Waals surface area (Å²) < 4.78 is 9.59. The van der Waals surface area contributed by atoms with Gasteiger partial charge in [-0.3, -0.25) is 0 Å². The number of rotatable bonds is 6. The van der Waals surface area contributed by atoms with Crippen molar-refractivity contribution in [3.05, 3.63) is 0 Å². The van der Waals surface area contributed by atoms with E-state index >= 15 is 0 Å². The highest BCUT2D eigenvalue weighted by Crippen LogP contribution is 2.11. The van der Waals surface area contributed by atoms with E-state index < -0.39 is 11.7 Å². The first-order valence-corrected chi connectivity index (χ1v) is 5.51. The van der Waals surface area contributed by atoms with Crippen molar-refractivity contribution in [2.24, 2.45) is 0 Å². The quantitative estimate of drug-likeness (QED) is 0.391. The first kappa shape index (κ1) is 13.6. The van der Waals surface area contributed by atoms with Crippen molar-refractivity contribution in [1.82, 2.24) is 0 Å². The highest BCUT2D eigenvalue weighted by molar-refractivity contribution is 6.20. The molecular weight excluding hydrogens is 204 g/mol. The Kier molecular flexibility index (Phi) is 7.67. The monoisotopic (exact) mass is 222 g/mol. The maximum atomic E-state index is 11.0. The van der Waals surface area contributed by atoms with E-state index in [0.29, 0.717) is 6.42 Å². The fourth-order valence-electron chi connectivity index (χ4n) is 0.938. The predicted octanol–water partition coefficient (Wildman–Crippen LogP) is 3.69. The predicted molar refractivity (Wildman–Crippen MR) is 56.5 cm³/mol. The van der Waals surface area contributed by atoms with Crippen LogP contribution < -0.4 is 0 Å². The molecule has 1 atom stereocenters. The van der Waals surface area contributed by atoms with Gasteiger partial charge >= 0.3 is 6.16 Å². The van der Waals surface area contributed by atoms with Gasteiger partial charge in [-0.25, -0.2) is 4.79 Å². The standard InChI is InChI=1S/C10H19ClO3/c1-4-5-6-7-9(11)14-10(12)13-8(2)3/h8-9H,4-7H2,1-3H3. The van der Waals surface area contributed by atoms with E-state index in [-0.39, 0.29) is 6.10 Å². The molecule has 0 aliphatic carbocycles. The lowest BCUT2D eigenvalue weighted by Gasteiger charge is -2.12. The summed E-state index contributed by atoms with van der Waals surface area (Å²) in [5, 5.41) is 0. The molecule has 0 saturated heterocycles. The zero-order chi connectivity index (χ0) is 11.0. The molecule has 0 saturated carbocycles. The molecule has 84 valence electrons. The molecule has 0 aromatic carbocycles. The Morgan fingerprint density at radius 1 is 1.29 bits per heavy atom. The lowest BCUT2D eigenvalue weighted by Crippen LogP contribution is -2.17.